The molecule has 0 atom stereocenters. The Hall–Kier alpha value is -4.64. The molecule has 42 heavy (non-hydrogen) atoms. The Bertz CT molecular complexity index is 2400. The van der Waals surface area contributed by atoms with E-state index >= 15 is 0 Å². The maximum absolute atomic E-state index is 13.5. The summed E-state index contributed by atoms with van der Waals surface area (Å²) in [5.74, 6) is 0.203. The lowest BCUT2D eigenvalue weighted by molar-refractivity contribution is 0.103. The monoisotopic (exact) mass is 574 g/mol. The molecule has 4 heteroatoms. The molecule has 0 spiro atoms. The number of benzene rings is 6. The molecule has 2 aliphatic rings. The summed E-state index contributed by atoms with van der Waals surface area (Å²) < 4.78 is 4.84. The van der Waals surface area contributed by atoms with Crippen LogP contribution >= 0.6 is 22.7 Å². The van der Waals surface area contributed by atoms with E-state index in [1.54, 1.807) is 22.7 Å². The van der Waals surface area contributed by atoms with Crippen molar-refractivity contribution < 1.29 is 9.59 Å². The van der Waals surface area contributed by atoms with Crippen LogP contribution < -0.4 is 0 Å². The standard InChI is InChI=1S/C36H16O2S2.C2H6/c37-33-21-7-3-1-5-17(21)19-13-15-27-31-25(11-9-23(33)29(19)31)35(39-27)36-26-12-10-24-30-20(14-16-28(40-36)32(26)30)18-6-2-4-8-22(18)34(24)38;1-2/h1-16H;1-2H3/b36-35-;. The van der Waals surface area contributed by atoms with Gasteiger partial charge in [-0.2, -0.15) is 0 Å². The predicted molar refractivity (Wildman–Crippen MR) is 177 cm³/mol. The van der Waals surface area contributed by atoms with E-state index < -0.39 is 0 Å². The third kappa shape index (κ3) is 2.83. The quantitative estimate of drug-likeness (QED) is 0.181. The summed E-state index contributed by atoms with van der Waals surface area (Å²) in [6.07, 6.45) is 0. The highest BCUT2D eigenvalue weighted by molar-refractivity contribution is 7.22. The minimum Gasteiger partial charge on any atom is -0.289 e. The number of hydrogen-bond donors (Lipinski definition) is 0. The van der Waals surface area contributed by atoms with Gasteiger partial charge in [-0.05, 0) is 46.5 Å². The molecule has 6 aromatic carbocycles. The van der Waals surface area contributed by atoms with Gasteiger partial charge in [0.25, 0.3) is 0 Å². The van der Waals surface area contributed by atoms with Gasteiger partial charge in [-0.15, -0.1) is 22.7 Å². The van der Waals surface area contributed by atoms with Crippen molar-refractivity contribution in [3.05, 3.63) is 128 Å². The molecule has 2 aliphatic carbocycles. The van der Waals surface area contributed by atoms with Crippen LogP contribution in [0.15, 0.2) is 97.1 Å². The lowest BCUT2D eigenvalue weighted by atomic mass is 9.82. The van der Waals surface area contributed by atoms with E-state index in [0.717, 1.165) is 55.3 Å². The highest BCUT2D eigenvalue weighted by atomic mass is 32.1. The van der Waals surface area contributed by atoms with Crippen molar-refractivity contribution in [2.45, 2.75) is 13.8 Å². The summed E-state index contributed by atoms with van der Waals surface area (Å²) in [6.45, 7) is 4.00. The first-order valence-electron chi connectivity index (χ1n) is 14.3. The first-order valence-corrected chi connectivity index (χ1v) is 15.9. The Labute approximate surface area is 249 Å². The molecule has 0 unspecified atom stereocenters. The van der Waals surface area contributed by atoms with E-state index in [9.17, 15) is 9.59 Å². The number of ketones is 2. The van der Waals surface area contributed by atoms with Crippen LogP contribution in [0.5, 0.6) is 0 Å². The van der Waals surface area contributed by atoms with Gasteiger partial charge < -0.3 is 0 Å². The highest BCUT2D eigenvalue weighted by Crippen LogP contribution is 2.48. The van der Waals surface area contributed by atoms with E-state index in [0.29, 0.717) is 0 Å². The summed E-state index contributed by atoms with van der Waals surface area (Å²) >= 11 is 3.60. The molecule has 0 bridgehead atoms. The molecular formula is C38H22O2S2. The smallest absolute Gasteiger partial charge is 0.194 e. The second-order valence-electron chi connectivity index (χ2n) is 10.7. The van der Waals surface area contributed by atoms with E-state index in [4.69, 9.17) is 0 Å². The molecule has 0 fully saturated rings. The Balaban J connectivity index is 0.00000123. The Morgan fingerprint density at radius 1 is 0.381 bits per heavy atom. The third-order valence-corrected chi connectivity index (χ3v) is 11.3. The SMILES string of the molecule is CC.O=C1c2ccccc2-c2ccc3s/c(=c4\sc5ccc6c7c(ccc4c57)C(=O)c4ccccc4-6)c4ccc1c2c34. The number of hydrogen-bond acceptors (Lipinski definition) is 4. The molecule has 2 heterocycles. The van der Waals surface area contributed by atoms with Crippen molar-refractivity contribution in [2.24, 2.45) is 0 Å². The van der Waals surface area contributed by atoms with Crippen LogP contribution in [0.3, 0.4) is 0 Å². The zero-order valence-corrected chi connectivity index (χ0v) is 24.5. The fourth-order valence-electron chi connectivity index (χ4n) is 7.09. The summed E-state index contributed by atoms with van der Waals surface area (Å²) in [5, 5.41) is 6.88. The molecule has 10 rings (SSSR count). The summed E-state index contributed by atoms with van der Waals surface area (Å²) in [5.41, 5.74) is 7.44. The second kappa shape index (κ2) is 8.45. The molecule has 198 valence electrons. The van der Waals surface area contributed by atoms with Crippen molar-refractivity contribution in [2.75, 3.05) is 0 Å². The van der Waals surface area contributed by atoms with Crippen LogP contribution in [-0.4, -0.2) is 11.6 Å². The van der Waals surface area contributed by atoms with E-state index in [1.807, 2.05) is 62.4 Å². The van der Waals surface area contributed by atoms with E-state index in [1.165, 1.54) is 40.0 Å². The van der Waals surface area contributed by atoms with Gasteiger partial charge in [0, 0.05) is 64.0 Å². The van der Waals surface area contributed by atoms with E-state index in [2.05, 4.69) is 48.5 Å². The molecule has 0 saturated heterocycles. The molecule has 0 aliphatic heterocycles. The lowest BCUT2D eigenvalue weighted by Gasteiger charge is -2.19. The summed E-state index contributed by atoms with van der Waals surface area (Å²) in [4.78, 5) is 27.0. The molecule has 2 aromatic heterocycles. The largest absolute Gasteiger partial charge is 0.289 e. The zero-order valence-electron chi connectivity index (χ0n) is 22.9. The Kier molecular flexibility index (Phi) is 4.83. The van der Waals surface area contributed by atoms with Crippen molar-refractivity contribution in [3.8, 4) is 22.3 Å². The summed E-state index contributed by atoms with van der Waals surface area (Å²) in [7, 11) is 0. The van der Waals surface area contributed by atoms with Gasteiger partial charge in [-0.25, -0.2) is 0 Å². The minimum atomic E-state index is 0.102. The number of rotatable bonds is 0. The van der Waals surface area contributed by atoms with Crippen molar-refractivity contribution in [1.29, 1.82) is 0 Å². The molecule has 2 nitrogen and oxygen atoms in total. The zero-order chi connectivity index (χ0) is 28.3. The number of fused-ring (bicyclic) bond motifs is 4. The van der Waals surface area contributed by atoms with Gasteiger partial charge >= 0.3 is 0 Å². The Morgan fingerprint density at radius 2 is 0.762 bits per heavy atom. The van der Waals surface area contributed by atoms with Crippen molar-refractivity contribution >= 4 is 76.0 Å². The highest BCUT2D eigenvalue weighted by Gasteiger charge is 2.29. The van der Waals surface area contributed by atoms with Crippen molar-refractivity contribution in [3.63, 3.8) is 0 Å². The number of carbonyl (C=O) groups is 2. The first-order chi connectivity index (χ1) is 20.7. The van der Waals surface area contributed by atoms with Gasteiger partial charge in [0.15, 0.2) is 11.6 Å². The van der Waals surface area contributed by atoms with Gasteiger partial charge in [-0.3, -0.25) is 9.59 Å². The fourth-order valence-corrected chi connectivity index (χ4v) is 9.65. The maximum atomic E-state index is 13.5. The molecule has 0 N–H and O–H groups in total. The van der Waals surface area contributed by atoms with Crippen LogP contribution in [-0.2, 0) is 0 Å². The average Bonchev–Trinajstić information content (AvgIpc) is 3.62. The lowest BCUT2D eigenvalue weighted by Crippen LogP contribution is -2.09. The molecular weight excluding hydrogens is 553 g/mol. The molecule has 0 amide bonds. The third-order valence-electron chi connectivity index (χ3n) is 8.78. The predicted octanol–water partition coefficient (Wildman–Crippen LogP) is 10.6. The Morgan fingerprint density at radius 3 is 1.19 bits per heavy atom. The second-order valence-corrected chi connectivity index (χ2v) is 12.8. The van der Waals surface area contributed by atoms with E-state index in [-0.39, 0.29) is 11.6 Å². The van der Waals surface area contributed by atoms with Gasteiger partial charge in [0.2, 0.25) is 0 Å². The topological polar surface area (TPSA) is 34.1 Å². The van der Waals surface area contributed by atoms with Gasteiger partial charge in [0.1, 0.15) is 0 Å². The van der Waals surface area contributed by atoms with Gasteiger partial charge in [0.05, 0.1) is 9.06 Å². The normalized spacial score (nSPS) is 14.0. The fraction of sp³-hybridized carbons (Fsp3) is 0.0526. The van der Waals surface area contributed by atoms with Gasteiger partial charge in [-0.1, -0.05) is 86.6 Å². The minimum absolute atomic E-state index is 0.102. The van der Waals surface area contributed by atoms with Crippen LogP contribution in [0.4, 0.5) is 0 Å². The van der Waals surface area contributed by atoms with Crippen LogP contribution in [0.1, 0.15) is 45.7 Å². The number of thiophene rings is 2. The van der Waals surface area contributed by atoms with Crippen LogP contribution in [0.2, 0.25) is 0 Å². The average molecular weight is 575 g/mol. The number of carbonyl (C=O) groups excluding carboxylic acids is 2. The van der Waals surface area contributed by atoms with Crippen molar-refractivity contribution in [1.82, 2.24) is 0 Å². The van der Waals surface area contributed by atoms with Crippen LogP contribution in [0, 0.1) is 9.06 Å². The summed E-state index contributed by atoms with van der Waals surface area (Å²) in [6, 6.07) is 33.0. The molecule has 0 saturated carbocycles. The van der Waals surface area contributed by atoms with Crippen LogP contribution in [0.25, 0.3) is 64.0 Å². The molecule has 0 radical (unpaired) electrons. The first kappa shape index (κ1) is 24.0. The molecule has 8 aromatic rings. The maximum Gasteiger partial charge on any atom is 0.194 e.